The van der Waals surface area contributed by atoms with E-state index in [1.807, 2.05) is 54.6 Å². The molecule has 1 aliphatic carbocycles. The second-order valence-corrected chi connectivity index (χ2v) is 7.38. The maximum Gasteiger partial charge on any atom is 0.269 e. The number of nitrogens with zero attached hydrogens (tertiary/aromatic N) is 3. The van der Waals surface area contributed by atoms with E-state index in [0.29, 0.717) is 35.6 Å². The topological polar surface area (TPSA) is 94.0 Å². The van der Waals surface area contributed by atoms with Crippen molar-refractivity contribution in [1.29, 1.82) is 5.26 Å². The van der Waals surface area contributed by atoms with Gasteiger partial charge in [0.1, 0.15) is 17.2 Å². The largest absolute Gasteiger partial charge is 0.457 e. The third-order valence-electron chi connectivity index (χ3n) is 5.52. The number of H-pyrrole nitrogens is 1. The van der Waals surface area contributed by atoms with Crippen LogP contribution in [0.15, 0.2) is 60.7 Å². The number of likely N-dealkylation sites (tertiary alicyclic amines) is 1. The van der Waals surface area contributed by atoms with Crippen LogP contribution in [0.25, 0.3) is 11.3 Å². The molecule has 2 aliphatic rings. The molecule has 7 heteroatoms. The standard InChI is InChI=1S/C22H19N5O2/c23-13-27-12-19(16-10-20(16)27)24-22(28)18-11-17(25-26-18)15-8-4-5-9-21(15)29-14-6-2-1-3-7-14/h1-9,11,16,19-20H,10,12H2,(H,24,28)(H,25,26)/t16-,19+,20-/m0/s1. The molecule has 5 rings (SSSR count). The van der Waals surface area contributed by atoms with Crippen LogP contribution in [0.5, 0.6) is 11.5 Å². The van der Waals surface area contributed by atoms with Crippen LogP contribution in [-0.2, 0) is 0 Å². The normalized spacial score (nSPS) is 21.9. The van der Waals surface area contributed by atoms with Crippen molar-refractivity contribution < 1.29 is 9.53 Å². The van der Waals surface area contributed by atoms with E-state index in [0.717, 1.165) is 17.7 Å². The van der Waals surface area contributed by atoms with Gasteiger partial charge in [-0.1, -0.05) is 30.3 Å². The molecule has 1 aliphatic heterocycles. The fraction of sp³-hybridized carbons (Fsp3) is 0.227. The van der Waals surface area contributed by atoms with Crippen molar-refractivity contribution in [3.05, 3.63) is 66.4 Å². The van der Waals surface area contributed by atoms with Crippen molar-refractivity contribution in [1.82, 2.24) is 20.4 Å². The molecule has 0 unspecified atom stereocenters. The van der Waals surface area contributed by atoms with E-state index in [1.165, 1.54) is 0 Å². The highest BCUT2D eigenvalue weighted by atomic mass is 16.5. The number of benzene rings is 2. The average Bonchev–Trinajstić information content (AvgIpc) is 3.25. The molecule has 0 bridgehead atoms. The number of aromatic nitrogens is 2. The molecule has 1 amide bonds. The summed E-state index contributed by atoms with van der Waals surface area (Å²) in [6, 6.07) is 19.1. The fourth-order valence-corrected chi connectivity index (χ4v) is 3.95. The average molecular weight is 385 g/mol. The number of hydrogen-bond donors (Lipinski definition) is 2. The van der Waals surface area contributed by atoms with E-state index in [4.69, 9.17) is 10.00 Å². The fourth-order valence-electron chi connectivity index (χ4n) is 3.95. The zero-order valence-electron chi connectivity index (χ0n) is 15.6. The Balaban J connectivity index is 1.33. The Morgan fingerprint density at radius 1 is 1.21 bits per heavy atom. The molecule has 0 spiro atoms. The first-order valence-corrected chi connectivity index (χ1v) is 9.58. The van der Waals surface area contributed by atoms with Gasteiger partial charge < -0.3 is 15.0 Å². The molecule has 144 valence electrons. The predicted molar refractivity (Wildman–Crippen MR) is 106 cm³/mol. The van der Waals surface area contributed by atoms with Gasteiger partial charge >= 0.3 is 0 Å². The first-order valence-electron chi connectivity index (χ1n) is 9.58. The molecule has 0 radical (unpaired) electrons. The van der Waals surface area contributed by atoms with Gasteiger partial charge in [0.15, 0.2) is 6.19 Å². The Morgan fingerprint density at radius 2 is 2.00 bits per heavy atom. The summed E-state index contributed by atoms with van der Waals surface area (Å²) >= 11 is 0. The molecular weight excluding hydrogens is 366 g/mol. The van der Waals surface area contributed by atoms with Crippen LogP contribution in [0.3, 0.4) is 0 Å². The van der Waals surface area contributed by atoms with Crippen molar-refractivity contribution in [2.24, 2.45) is 5.92 Å². The summed E-state index contributed by atoms with van der Waals surface area (Å²) in [5, 5.41) is 19.3. The molecule has 3 atom stereocenters. The minimum atomic E-state index is -0.208. The van der Waals surface area contributed by atoms with E-state index >= 15 is 0 Å². The van der Waals surface area contributed by atoms with Crippen LogP contribution in [0.1, 0.15) is 16.9 Å². The predicted octanol–water partition coefficient (Wildman–Crippen LogP) is 3.15. The monoisotopic (exact) mass is 385 g/mol. The number of aromatic amines is 1. The Bertz CT molecular complexity index is 1090. The number of ether oxygens (including phenoxy) is 1. The van der Waals surface area contributed by atoms with Crippen LogP contribution in [-0.4, -0.2) is 39.6 Å². The lowest BCUT2D eigenvalue weighted by atomic mass is 10.1. The van der Waals surface area contributed by atoms with Gasteiger partial charge in [0.05, 0.1) is 11.7 Å². The summed E-state index contributed by atoms with van der Waals surface area (Å²) in [6.07, 6.45) is 3.17. The number of piperidine rings is 1. The number of rotatable bonds is 5. The summed E-state index contributed by atoms with van der Waals surface area (Å²) in [4.78, 5) is 14.4. The minimum Gasteiger partial charge on any atom is -0.457 e. The summed E-state index contributed by atoms with van der Waals surface area (Å²) in [7, 11) is 0. The smallest absolute Gasteiger partial charge is 0.269 e. The molecule has 1 saturated carbocycles. The lowest BCUT2D eigenvalue weighted by molar-refractivity contribution is 0.0928. The Labute approximate surface area is 167 Å². The van der Waals surface area contributed by atoms with Gasteiger partial charge in [-0.3, -0.25) is 9.89 Å². The van der Waals surface area contributed by atoms with E-state index < -0.39 is 0 Å². The van der Waals surface area contributed by atoms with Crippen molar-refractivity contribution in [2.75, 3.05) is 6.54 Å². The van der Waals surface area contributed by atoms with E-state index in [1.54, 1.807) is 11.0 Å². The van der Waals surface area contributed by atoms with Gasteiger partial charge in [-0.25, -0.2) is 0 Å². The number of amides is 1. The van der Waals surface area contributed by atoms with Crippen LogP contribution < -0.4 is 10.1 Å². The van der Waals surface area contributed by atoms with Crippen molar-refractivity contribution in [3.8, 4) is 28.9 Å². The Hall–Kier alpha value is -3.79. The highest BCUT2D eigenvalue weighted by Crippen LogP contribution is 2.44. The highest BCUT2D eigenvalue weighted by molar-refractivity contribution is 5.93. The van der Waals surface area contributed by atoms with Crippen LogP contribution in [0.2, 0.25) is 0 Å². The summed E-state index contributed by atoms with van der Waals surface area (Å²) < 4.78 is 5.99. The number of fused-ring (bicyclic) bond motifs is 1. The van der Waals surface area contributed by atoms with Gasteiger partial charge in [0.2, 0.25) is 0 Å². The third-order valence-corrected chi connectivity index (χ3v) is 5.52. The lowest BCUT2D eigenvalue weighted by Gasteiger charge is -2.15. The Morgan fingerprint density at radius 3 is 2.79 bits per heavy atom. The van der Waals surface area contributed by atoms with E-state index in [9.17, 15) is 4.79 Å². The number of nitriles is 1. The maximum absolute atomic E-state index is 12.7. The summed E-state index contributed by atoms with van der Waals surface area (Å²) in [6.45, 7) is 0.576. The molecule has 3 aromatic rings. The number of hydrogen-bond acceptors (Lipinski definition) is 5. The maximum atomic E-state index is 12.7. The number of carbonyl (C=O) groups is 1. The molecule has 1 saturated heterocycles. The van der Waals surface area contributed by atoms with Gasteiger partial charge in [-0.2, -0.15) is 10.4 Å². The zero-order chi connectivity index (χ0) is 19.8. The molecule has 2 N–H and O–H groups in total. The number of carbonyl (C=O) groups excluding carboxylic acids is 1. The van der Waals surface area contributed by atoms with Crippen LogP contribution >= 0.6 is 0 Å². The van der Waals surface area contributed by atoms with Crippen molar-refractivity contribution in [3.63, 3.8) is 0 Å². The SMILES string of the molecule is N#CN1C[C@@H](NC(=O)c2cc(-c3ccccc3Oc3ccccc3)n[nH]2)[C@@H]2C[C@@H]21. The summed E-state index contributed by atoms with van der Waals surface area (Å²) in [5.74, 6) is 1.57. The summed E-state index contributed by atoms with van der Waals surface area (Å²) in [5.41, 5.74) is 1.82. The van der Waals surface area contributed by atoms with Crippen LogP contribution in [0.4, 0.5) is 0 Å². The third kappa shape index (κ3) is 3.29. The Kier molecular flexibility index (Phi) is 4.17. The molecule has 1 aromatic heterocycles. The molecule has 29 heavy (non-hydrogen) atoms. The van der Waals surface area contributed by atoms with E-state index in [2.05, 4.69) is 21.7 Å². The first kappa shape index (κ1) is 17.3. The van der Waals surface area contributed by atoms with Gasteiger partial charge in [-0.15, -0.1) is 0 Å². The van der Waals surface area contributed by atoms with E-state index in [-0.39, 0.29) is 11.9 Å². The van der Waals surface area contributed by atoms with Crippen molar-refractivity contribution >= 4 is 5.91 Å². The second-order valence-electron chi connectivity index (χ2n) is 7.38. The quantitative estimate of drug-likeness (QED) is 0.658. The molecule has 7 nitrogen and oxygen atoms in total. The van der Waals surface area contributed by atoms with Crippen molar-refractivity contribution in [2.45, 2.75) is 18.5 Å². The molecule has 2 heterocycles. The lowest BCUT2D eigenvalue weighted by Crippen LogP contribution is -2.39. The van der Waals surface area contributed by atoms with Gasteiger partial charge in [0.25, 0.3) is 5.91 Å². The minimum absolute atomic E-state index is 0.00704. The molecule has 2 aromatic carbocycles. The molecule has 2 fully saturated rings. The zero-order valence-corrected chi connectivity index (χ0v) is 15.6. The molecular formula is C22H19N5O2. The van der Waals surface area contributed by atoms with Gasteiger partial charge in [0, 0.05) is 24.1 Å². The number of para-hydroxylation sites is 2. The number of nitrogens with one attached hydrogen (secondary N) is 2. The highest BCUT2D eigenvalue weighted by Gasteiger charge is 2.54. The second kappa shape index (κ2) is 6.99. The van der Waals surface area contributed by atoms with Crippen LogP contribution in [0, 0.1) is 17.4 Å². The first-order chi connectivity index (χ1) is 14.2. The van der Waals surface area contributed by atoms with Gasteiger partial charge in [-0.05, 0) is 36.8 Å².